The summed E-state index contributed by atoms with van der Waals surface area (Å²) in [6.07, 6.45) is 0. The number of methoxy groups -OCH3 is 1. The molecule has 2 aromatic heterocycles. The number of thiazole rings is 2. The van der Waals surface area contributed by atoms with E-state index in [9.17, 15) is 14.7 Å². The van der Waals surface area contributed by atoms with E-state index in [1.54, 1.807) is 32.0 Å². The molecule has 0 saturated carbocycles. The molecule has 0 bridgehead atoms. The van der Waals surface area contributed by atoms with Crippen LogP contribution in [0, 0.1) is 19.7 Å². The minimum absolute atomic E-state index is 0.00721. The maximum atomic E-state index is 15.2. The van der Waals surface area contributed by atoms with E-state index in [-0.39, 0.29) is 26.2 Å². The molecule has 1 aliphatic heterocycles. The molecule has 4 aromatic rings. The van der Waals surface area contributed by atoms with Gasteiger partial charge < -0.3 is 9.84 Å². The molecule has 11 heteroatoms. The van der Waals surface area contributed by atoms with Crippen molar-refractivity contribution in [3.63, 3.8) is 0 Å². The van der Waals surface area contributed by atoms with E-state index in [2.05, 4.69) is 9.97 Å². The van der Waals surface area contributed by atoms with Crippen molar-refractivity contribution in [3.05, 3.63) is 79.7 Å². The number of Topliss-reactive ketones (excluding diaryl/α,β-unsaturated/α-hetero) is 1. The van der Waals surface area contributed by atoms with E-state index < -0.39 is 29.3 Å². The first kappa shape index (κ1) is 23.4. The van der Waals surface area contributed by atoms with Crippen molar-refractivity contribution in [3.8, 4) is 5.75 Å². The van der Waals surface area contributed by atoms with Crippen LogP contribution in [0.2, 0.25) is 5.02 Å². The highest BCUT2D eigenvalue weighted by atomic mass is 35.5. The van der Waals surface area contributed by atoms with Crippen LogP contribution in [0.5, 0.6) is 5.75 Å². The Morgan fingerprint density at radius 2 is 1.97 bits per heavy atom. The quantitative estimate of drug-likeness (QED) is 0.321. The molecule has 3 heterocycles. The second-order valence-corrected chi connectivity index (χ2v) is 10.4. The first-order chi connectivity index (χ1) is 16.7. The fraction of sp³-hybridized carbons (Fsp3) is 0.167. The Bertz CT molecular complexity index is 1540. The minimum atomic E-state index is -1.33. The lowest BCUT2D eigenvalue weighted by Crippen LogP contribution is -2.31. The SMILES string of the molecule is COc1ccc2nc(N3C(=O)C(O)=C(C(=O)c4sc(C)nc4C)C3c3c(F)cccc3Cl)sc2c1. The molecule has 1 N–H and O–H groups in total. The predicted octanol–water partition coefficient (Wildman–Crippen LogP) is 5.95. The summed E-state index contributed by atoms with van der Waals surface area (Å²) >= 11 is 8.67. The Labute approximate surface area is 212 Å². The van der Waals surface area contributed by atoms with E-state index in [1.807, 2.05) is 0 Å². The van der Waals surface area contributed by atoms with E-state index >= 15 is 4.39 Å². The van der Waals surface area contributed by atoms with Crippen LogP contribution in [0.4, 0.5) is 9.52 Å². The molecule has 35 heavy (non-hydrogen) atoms. The van der Waals surface area contributed by atoms with Crippen molar-refractivity contribution in [2.45, 2.75) is 19.9 Å². The number of aryl methyl sites for hydroxylation is 2. The van der Waals surface area contributed by atoms with E-state index in [1.165, 1.54) is 25.3 Å². The maximum absolute atomic E-state index is 15.2. The van der Waals surface area contributed by atoms with Gasteiger partial charge in [-0.1, -0.05) is 29.0 Å². The molecular weight excluding hydrogens is 513 g/mol. The Morgan fingerprint density at radius 1 is 1.20 bits per heavy atom. The van der Waals surface area contributed by atoms with Crippen molar-refractivity contribution in [1.29, 1.82) is 0 Å². The number of hydrogen-bond donors (Lipinski definition) is 1. The smallest absolute Gasteiger partial charge is 0.296 e. The molecule has 0 radical (unpaired) electrons. The Balaban J connectivity index is 1.73. The zero-order valence-corrected chi connectivity index (χ0v) is 21.0. The maximum Gasteiger partial charge on any atom is 0.296 e. The Kier molecular flexibility index (Phi) is 5.82. The largest absolute Gasteiger partial charge is 0.503 e. The topological polar surface area (TPSA) is 92.6 Å². The molecule has 1 aliphatic rings. The summed E-state index contributed by atoms with van der Waals surface area (Å²) in [6.45, 7) is 3.41. The number of aromatic nitrogens is 2. The average molecular weight is 530 g/mol. The molecule has 1 amide bonds. The number of nitrogens with zero attached hydrogens (tertiary/aromatic N) is 3. The van der Waals surface area contributed by atoms with Crippen molar-refractivity contribution >= 4 is 61.3 Å². The van der Waals surface area contributed by atoms with Crippen LogP contribution in [0.3, 0.4) is 0 Å². The monoisotopic (exact) mass is 529 g/mol. The van der Waals surface area contributed by atoms with Gasteiger partial charge in [-0.3, -0.25) is 14.5 Å². The van der Waals surface area contributed by atoms with Gasteiger partial charge in [0.2, 0.25) is 5.78 Å². The summed E-state index contributed by atoms with van der Waals surface area (Å²) in [6, 6.07) is 7.95. The third kappa shape index (κ3) is 3.78. The normalized spacial score (nSPS) is 16.0. The van der Waals surface area contributed by atoms with E-state index in [0.29, 0.717) is 26.7 Å². The molecule has 0 fully saturated rings. The number of aliphatic hydroxyl groups excluding tert-OH is 1. The highest BCUT2D eigenvalue weighted by Crippen LogP contribution is 2.47. The second-order valence-electron chi connectivity index (χ2n) is 7.78. The van der Waals surface area contributed by atoms with Gasteiger partial charge in [0.1, 0.15) is 17.6 Å². The Morgan fingerprint density at radius 3 is 2.63 bits per heavy atom. The average Bonchev–Trinajstić information content (AvgIpc) is 3.46. The van der Waals surface area contributed by atoms with E-state index in [0.717, 1.165) is 27.6 Å². The standard InChI is InChI=1S/C24H17ClFN3O4S2/c1-10-22(34-11(2)27-10)20(30)18-19(17-13(25)5-4-6-14(17)26)29(23(32)21(18)31)24-28-15-8-7-12(33-3)9-16(15)35-24/h4-9,19,31H,1-3H3. The van der Waals surface area contributed by atoms with Gasteiger partial charge in [-0.15, -0.1) is 11.3 Å². The molecule has 0 saturated heterocycles. The number of rotatable bonds is 5. The van der Waals surface area contributed by atoms with Crippen LogP contribution in [-0.2, 0) is 4.79 Å². The number of aliphatic hydroxyl groups is 1. The van der Waals surface area contributed by atoms with Crippen molar-refractivity contribution < 1.29 is 23.8 Å². The van der Waals surface area contributed by atoms with Gasteiger partial charge in [-0.05, 0) is 44.2 Å². The highest BCUT2D eigenvalue weighted by molar-refractivity contribution is 7.22. The third-order valence-electron chi connectivity index (χ3n) is 5.63. The number of ketones is 1. The van der Waals surface area contributed by atoms with Gasteiger partial charge in [-0.2, -0.15) is 0 Å². The van der Waals surface area contributed by atoms with Crippen LogP contribution in [0.15, 0.2) is 47.7 Å². The first-order valence-electron chi connectivity index (χ1n) is 10.3. The number of ether oxygens (including phenoxy) is 1. The van der Waals surface area contributed by atoms with Crippen LogP contribution < -0.4 is 9.64 Å². The predicted molar refractivity (Wildman–Crippen MR) is 133 cm³/mol. The number of hydrogen-bond acceptors (Lipinski definition) is 8. The van der Waals surface area contributed by atoms with Crippen LogP contribution in [0.25, 0.3) is 10.2 Å². The highest BCUT2D eigenvalue weighted by Gasteiger charge is 2.48. The number of anilines is 1. The van der Waals surface area contributed by atoms with Crippen molar-refractivity contribution in [2.75, 3.05) is 12.0 Å². The summed E-state index contributed by atoms with van der Waals surface area (Å²) < 4.78 is 21.2. The van der Waals surface area contributed by atoms with Gasteiger partial charge in [0.25, 0.3) is 5.91 Å². The number of halogens is 2. The first-order valence-corrected chi connectivity index (χ1v) is 12.4. The van der Waals surface area contributed by atoms with Crippen molar-refractivity contribution in [1.82, 2.24) is 9.97 Å². The molecule has 2 aromatic carbocycles. The molecule has 0 aliphatic carbocycles. The fourth-order valence-electron chi connectivity index (χ4n) is 4.07. The molecule has 5 rings (SSSR count). The lowest BCUT2D eigenvalue weighted by Gasteiger charge is -2.25. The van der Waals surface area contributed by atoms with Gasteiger partial charge in [0, 0.05) is 10.6 Å². The number of fused-ring (bicyclic) bond motifs is 1. The molecule has 1 unspecified atom stereocenters. The van der Waals surface area contributed by atoms with Crippen LogP contribution in [0.1, 0.15) is 32.0 Å². The zero-order valence-electron chi connectivity index (χ0n) is 18.6. The fourth-order valence-corrected chi connectivity index (χ4v) is 6.23. The van der Waals surface area contributed by atoms with Gasteiger partial charge in [-0.25, -0.2) is 14.4 Å². The summed E-state index contributed by atoms with van der Waals surface area (Å²) in [7, 11) is 1.53. The molecule has 7 nitrogen and oxygen atoms in total. The summed E-state index contributed by atoms with van der Waals surface area (Å²) in [5.74, 6) is -2.39. The minimum Gasteiger partial charge on any atom is -0.503 e. The lowest BCUT2D eigenvalue weighted by molar-refractivity contribution is -0.117. The number of benzene rings is 2. The van der Waals surface area contributed by atoms with Gasteiger partial charge in [0.05, 0.1) is 38.5 Å². The second kappa shape index (κ2) is 8.71. The summed E-state index contributed by atoms with van der Waals surface area (Å²) in [5, 5.41) is 11.8. The number of carbonyl (C=O) groups is 2. The van der Waals surface area contributed by atoms with Crippen molar-refractivity contribution in [2.24, 2.45) is 0 Å². The van der Waals surface area contributed by atoms with Gasteiger partial charge >= 0.3 is 0 Å². The Hall–Kier alpha value is -3.34. The summed E-state index contributed by atoms with van der Waals surface area (Å²) in [4.78, 5) is 37.2. The summed E-state index contributed by atoms with van der Waals surface area (Å²) in [5.41, 5.74) is 0.649. The third-order valence-corrected chi connectivity index (χ3v) is 8.04. The van der Waals surface area contributed by atoms with Gasteiger partial charge in [0.15, 0.2) is 10.9 Å². The molecular formula is C24H17ClFN3O4S2. The molecule has 0 spiro atoms. The van der Waals surface area contributed by atoms with Crippen LogP contribution in [-0.4, -0.2) is 33.9 Å². The van der Waals surface area contributed by atoms with Crippen LogP contribution >= 0.6 is 34.3 Å². The molecule has 178 valence electrons. The van der Waals surface area contributed by atoms with E-state index in [4.69, 9.17) is 16.3 Å². The molecule has 1 atom stereocenters. The lowest BCUT2D eigenvalue weighted by atomic mass is 9.94. The number of amides is 1. The number of carbonyl (C=O) groups excluding carboxylic acids is 2. The zero-order chi connectivity index (χ0) is 25.0.